The smallest absolute Gasteiger partial charge is 0.326 e. The summed E-state index contributed by atoms with van der Waals surface area (Å²) in [5, 5.41) is 17.0. The van der Waals surface area contributed by atoms with Gasteiger partial charge in [0.2, 0.25) is 5.95 Å². The number of nitrogens with zero attached hydrogens (tertiary/aromatic N) is 4. The Morgan fingerprint density at radius 3 is 2.71 bits per heavy atom. The molecule has 0 spiro atoms. The number of imidazole rings is 1. The van der Waals surface area contributed by atoms with Crippen molar-refractivity contribution in [3.63, 3.8) is 0 Å². The maximum Gasteiger partial charge on any atom is 0.326 e. The average Bonchev–Trinajstić information content (AvgIpc) is 3.47. The molecule has 0 unspecified atom stereocenters. The zero-order chi connectivity index (χ0) is 24.2. The Morgan fingerprint density at radius 2 is 1.89 bits per heavy atom. The van der Waals surface area contributed by atoms with Gasteiger partial charge in [0.1, 0.15) is 23.5 Å². The number of hydrogen-bond donors (Lipinski definition) is 4. The summed E-state index contributed by atoms with van der Waals surface area (Å²) >= 11 is 0. The lowest BCUT2D eigenvalue weighted by molar-refractivity contribution is -0.143. The van der Waals surface area contributed by atoms with Gasteiger partial charge < -0.3 is 30.0 Å². The highest BCUT2D eigenvalue weighted by molar-refractivity contribution is 6.01. The van der Waals surface area contributed by atoms with Crippen LogP contribution < -0.4 is 10.6 Å². The molecule has 4 N–H and O–H groups in total. The van der Waals surface area contributed by atoms with Gasteiger partial charge in [0, 0.05) is 41.4 Å². The molecular weight excluding hydrogens is 446 g/mol. The van der Waals surface area contributed by atoms with Crippen LogP contribution in [-0.2, 0) is 16.1 Å². The molecule has 0 aliphatic rings. The number of aromatic amines is 1. The third-order valence-electron chi connectivity index (χ3n) is 5.52. The summed E-state index contributed by atoms with van der Waals surface area (Å²) in [5.74, 6) is 0.294. The zero-order valence-corrected chi connectivity index (χ0v) is 19.2. The Bertz CT molecular complexity index is 1470. The van der Waals surface area contributed by atoms with Crippen molar-refractivity contribution in [2.45, 2.75) is 13.5 Å². The van der Waals surface area contributed by atoms with Crippen molar-refractivity contribution in [2.24, 2.45) is 0 Å². The van der Waals surface area contributed by atoms with Crippen LogP contribution in [0.3, 0.4) is 0 Å². The molecular formula is C25H25N7O3. The van der Waals surface area contributed by atoms with E-state index in [4.69, 9.17) is 9.72 Å². The van der Waals surface area contributed by atoms with Gasteiger partial charge >= 0.3 is 5.97 Å². The predicted octanol–water partition coefficient (Wildman–Crippen LogP) is 3.77. The van der Waals surface area contributed by atoms with Crippen LogP contribution in [0.25, 0.3) is 33.3 Å². The third-order valence-corrected chi connectivity index (χ3v) is 5.52. The number of rotatable bonds is 9. The van der Waals surface area contributed by atoms with Crippen molar-refractivity contribution < 1.29 is 14.6 Å². The lowest BCUT2D eigenvalue weighted by atomic mass is 10.1. The van der Waals surface area contributed by atoms with Gasteiger partial charge in [-0.3, -0.25) is 4.79 Å². The largest absolute Gasteiger partial charge is 0.508 e. The van der Waals surface area contributed by atoms with Crippen molar-refractivity contribution >= 4 is 39.7 Å². The fraction of sp³-hybridized carbons (Fsp3) is 0.200. The maximum absolute atomic E-state index is 12.1. The first-order valence-electron chi connectivity index (χ1n) is 11.3. The average molecular weight is 472 g/mol. The van der Waals surface area contributed by atoms with Crippen LogP contribution in [0.2, 0.25) is 0 Å². The Balaban J connectivity index is 1.45. The van der Waals surface area contributed by atoms with Gasteiger partial charge in [0.05, 0.1) is 12.9 Å². The highest BCUT2D eigenvalue weighted by atomic mass is 16.5. The van der Waals surface area contributed by atoms with Gasteiger partial charge in [-0.1, -0.05) is 18.2 Å². The van der Waals surface area contributed by atoms with E-state index in [1.165, 1.54) is 0 Å². The maximum atomic E-state index is 12.1. The number of carbonyl (C=O) groups excluding carboxylic acids is 1. The molecule has 0 saturated carbocycles. The van der Waals surface area contributed by atoms with Crippen molar-refractivity contribution in [3.8, 4) is 17.0 Å². The molecule has 0 amide bonds. The minimum Gasteiger partial charge on any atom is -0.508 e. The van der Waals surface area contributed by atoms with E-state index < -0.39 is 0 Å². The summed E-state index contributed by atoms with van der Waals surface area (Å²) in [6.07, 6.45) is 3.50. The van der Waals surface area contributed by atoms with E-state index >= 15 is 0 Å². The molecule has 178 valence electrons. The summed E-state index contributed by atoms with van der Waals surface area (Å²) in [4.78, 5) is 29.4. The molecule has 10 nitrogen and oxygen atoms in total. The SMILES string of the molecule is CCOC(=O)Cn1cnc2c(-c3c[nH]c4ccccc34)nc(NCCNc3ccc(O)cc3)nc21. The molecule has 3 heterocycles. The minimum atomic E-state index is -0.355. The predicted molar refractivity (Wildman–Crippen MR) is 134 cm³/mol. The van der Waals surface area contributed by atoms with Gasteiger partial charge in [0.15, 0.2) is 5.65 Å². The molecule has 35 heavy (non-hydrogen) atoms. The first kappa shape index (κ1) is 22.2. The molecule has 0 fully saturated rings. The monoisotopic (exact) mass is 471 g/mol. The fourth-order valence-corrected chi connectivity index (χ4v) is 3.90. The van der Waals surface area contributed by atoms with Crippen molar-refractivity contribution in [2.75, 3.05) is 30.3 Å². The van der Waals surface area contributed by atoms with Crippen LogP contribution in [0.15, 0.2) is 61.1 Å². The minimum absolute atomic E-state index is 0.0104. The number of nitrogens with one attached hydrogen (secondary N) is 3. The zero-order valence-electron chi connectivity index (χ0n) is 19.2. The molecule has 0 aliphatic carbocycles. The number of benzene rings is 2. The van der Waals surface area contributed by atoms with E-state index in [0.29, 0.717) is 42.5 Å². The van der Waals surface area contributed by atoms with Gasteiger partial charge in [-0.05, 0) is 37.3 Å². The van der Waals surface area contributed by atoms with E-state index in [1.54, 1.807) is 42.1 Å². The number of carbonyl (C=O) groups is 1. The normalized spacial score (nSPS) is 11.1. The van der Waals surface area contributed by atoms with Crippen LogP contribution in [0.5, 0.6) is 5.75 Å². The van der Waals surface area contributed by atoms with E-state index in [2.05, 4.69) is 25.6 Å². The molecule has 5 rings (SSSR count). The number of fused-ring (bicyclic) bond motifs is 2. The molecule has 2 aromatic carbocycles. The number of H-pyrrole nitrogens is 1. The standard InChI is InChI=1S/C25H25N7O3/c1-2-35-21(34)14-32-15-29-23-22(19-13-28-20-6-4-3-5-18(19)20)30-25(31-24(23)32)27-12-11-26-16-7-9-17(33)10-8-16/h3-10,13,15,26,28,33H,2,11-12,14H2,1H3,(H,27,30,31). The number of para-hydroxylation sites is 1. The van der Waals surface area contributed by atoms with E-state index in [9.17, 15) is 9.90 Å². The molecule has 3 aromatic heterocycles. The van der Waals surface area contributed by atoms with Crippen molar-refractivity contribution in [1.29, 1.82) is 0 Å². The van der Waals surface area contributed by atoms with Gasteiger partial charge in [-0.2, -0.15) is 4.98 Å². The number of aromatic nitrogens is 5. The Kier molecular flexibility index (Phi) is 6.16. The van der Waals surface area contributed by atoms with Gasteiger partial charge in [0.25, 0.3) is 0 Å². The number of anilines is 2. The molecule has 5 aromatic rings. The van der Waals surface area contributed by atoms with E-state index in [1.807, 2.05) is 30.5 Å². The number of phenolic OH excluding ortho intramolecular Hbond substituents is 1. The number of aromatic hydroxyl groups is 1. The second-order valence-electron chi connectivity index (χ2n) is 7.89. The van der Waals surface area contributed by atoms with Crippen LogP contribution in [0.1, 0.15) is 6.92 Å². The highest BCUT2D eigenvalue weighted by Gasteiger charge is 2.19. The third kappa shape index (κ3) is 4.72. The molecule has 0 bridgehead atoms. The molecule has 0 atom stereocenters. The first-order chi connectivity index (χ1) is 17.1. The van der Waals surface area contributed by atoms with Crippen molar-refractivity contribution in [3.05, 3.63) is 61.1 Å². The number of hydrogen-bond acceptors (Lipinski definition) is 8. The number of phenols is 1. The van der Waals surface area contributed by atoms with Crippen LogP contribution in [0, 0.1) is 0 Å². The lowest BCUT2D eigenvalue weighted by Gasteiger charge is -2.10. The Hall–Kier alpha value is -4.60. The van der Waals surface area contributed by atoms with Crippen molar-refractivity contribution in [1.82, 2.24) is 24.5 Å². The molecule has 10 heteroatoms. The number of esters is 1. The highest BCUT2D eigenvalue weighted by Crippen LogP contribution is 2.32. The molecule has 0 saturated heterocycles. The Labute approximate surface area is 201 Å². The molecule has 0 radical (unpaired) electrons. The summed E-state index contributed by atoms with van der Waals surface area (Å²) in [7, 11) is 0. The van der Waals surface area contributed by atoms with Gasteiger partial charge in [-0.25, -0.2) is 9.97 Å². The lowest BCUT2D eigenvalue weighted by Crippen LogP contribution is -2.16. The second kappa shape index (κ2) is 9.72. The summed E-state index contributed by atoms with van der Waals surface area (Å²) in [6.45, 7) is 3.25. The summed E-state index contributed by atoms with van der Waals surface area (Å²) in [6, 6.07) is 14.9. The molecule has 0 aliphatic heterocycles. The van der Waals surface area contributed by atoms with Crippen LogP contribution in [0.4, 0.5) is 11.6 Å². The summed E-state index contributed by atoms with van der Waals surface area (Å²) in [5.41, 5.74) is 4.61. The second-order valence-corrected chi connectivity index (χ2v) is 7.89. The first-order valence-corrected chi connectivity index (χ1v) is 11.3. The van der Waals surface area contributed by atoms with Crippen LogP contribution >= 0.6 is 0 Å². The van der Waals surface area contributed by atoms with E-state index in [0.717, 1.165) is 22.2 Å². The van der Waals surface area contributed by atoms with Gasteiger partial charge in [-0.15, -0.1) is 0 Å². The topological polar surface area (TPSA) is 130 Å². The fourth-order valence-electron chi connectivity index (χ4n) is 3.90. The van der Waals surface area contributed by atoms with E-state index in [-0.39, 0.29) is 18.3 Å². The number of ether oxygens (including phenoxy) is 1. The summed E-state index contributed by atoms with van der Waals surface area (Å²) < 4.78 is 6.78. The Morgan fingerprint density at radius 1 is 1.09 bits per heavy atom. The quantitative estimate of drug-likeness (QED) is 0.145. The van der Waals surface area contributed by atoms with Crippen LogP contribution in [-0.4, -0.2) is 55.3 Å².